The number of carbonyl (C=O) groups excluding carboxylic acids is 1. The van der Waals surface area contributed by atoms with Gasteiger partial charge in [0.15, 0.2) is 0 Å². The molecule has 6 nitrogen and oxygen atoms in total. The molecule has 2 aromatic rings. The van der Waals surface area contributed by atoms with Crippen LogP contribution in [0.15, 0.2) is 54.6 Å². The monoisotopic (exact) mass is 426 g/mol. The zero-order chi connectivity index (χ0) is 21.9. The number of unbranched alkanes of at least 4 members (excludes halogenated alkanes) is 1. The Kier molecular flexibility index (Phi) is 8.88. The van der Waals surface area contributed by atoms with E-state index >= 15 is 0 Å². The molecule has 1 aliphatic heterocycles. The Balaban J connectivity index is 1.44. The highest BCUT2D eigenvalue weighted by Gasteiger charge is 2.33. The second-order valence-corrected chi connectivity index (χ2v) is 8.21. The van der Waals surface area contributed by atoms with Crippen LogP contribution < -0.4 is 10.5 Å². The van der Waals surface area contributed by atoms with Crippen molar-refractivity contribution in [2.45, 2.75) is 37.7 Å². The van der Waals surface area contributed by atoms with Crippen LogP contribution in [0.2, 0.25) is 0 Å². The highest BCUT2D eigenvalue weighted by molar-refractivity contribution is 5.83. The lowest BCUT2D eigenvalue weighted by Crippen LogP contribution is -2.45. The third-order valence-corrected chi connectivity index (χ3v) is 5.81. The number of benzene rings is 2. The van der Waals surface area contributed by atoms with Gasteiger partial charge in [-0.2, -0.15) is 0 Å². The van der Waals surface area contributed by atoms with Crippen LogP contribution in [0.25, 0.3) is 0 Å². The molecule has 1 heterocycles. The second kappa shape index (κ2) is 11.8. The van der Waals surface area contributed by atoms with Gasteiger partial charge in [0.05, 0.1) is 13.2 Å². The summed E-state index contributed by atoms with van der Waals surface area (Å²) in [7, 11) is 0. The molecule has 1 aliphatic rings. The molecule has 0 unspecified atom stereocenters. The van der Waals surface area contributed by atoms with Crippen LogP contribution in [0, 0.1) is 0 Å². The predicted molar refractivity (Wildman–Crippen MR) is 121 cm³/mol. The molecule has 1 saturated heterocycles. The maximum absolute atomic E-state index is 12.0. The maximum atomic E-state index is 12.0. The number of nitrogens with zero attached hydrogens (tertiary/aromatic N) is 1. The fourth-order valence-electron chi connectivity index (χ4n) is 3.85. The Hall–Kier alpha value is -2.41. The molecule has 31 heavy (non-hydrogen) atoms. The molecule has 0 spiro atoms. The summed E-state index contributed by atoms with van der Waals surface area (Å²) in [4.78, 5) is 14.3. The van der Waals surface area contributed by atoms with Crippen molar-refractivity contribution in [3.05, 3.63) is 65.7 Å². The fourth-order valence-corrected chi connectivity index (χ4v) is 3.85. The minimum absolute atomic E-state index is 0.210. The zero-order valence-corrected chi connectivity index (χ0v) is 18.2. The SMILES string of the molecule is NC(=O)[C@@](O)(CCCCc1ccccc1)Cc1ccc(OCCN2CCOCC2)cc1. The van der Waals surface area contributed by atoms with Gasteiger partial charge in [0.25, 0.3) is 0 Å². The van der Waals surface area contributed by atoms with Gasteiger partial charge in [-0.3, -0.25) is 9.69 Å². The molecule has 3 N–H and O–H groups in total. The number of primary amides is 1. The molecule has 6 heteroatoms. The molecule has 168 valence electrons. The molecule has 1 fully saturated rings. The van der Waals surface area contributed by atoms with Crippen LogP contribution in [0.5, 0.6) is 5.75 Å². The average molecular weight is 427 g/mol. The fraction of sp³-hybridized carbons (Fsp3) is 0.480. The number of hydrogen-bond acceptors (Lipinski definition) is 5. The molecular weight excluding hydrogens is 392 g/mol. The van der Waals surface area contributed by atoms with Crippen molar-refractivity contribution >= 4 is 5.91 Å². The summed E-state index contributed by atoms with van der Waals surface area (Å²) in [5.74, 6) is 0.112. The van der Waals surface area contributed by atoms with Gasteiger partial charge in [0.1, 0.15) is 18.0 Å². The van der Waals surface area contributed by atoms with Crippen molar-refractivity contribution in [3.63, 3.8) is 0 Å². The van der Waals surface area contributed by atoms with Crippen molar-refractivity contribution in [2.24, 2.45) is 5.73 Å². The molecule has 1 amide bonds. The van der Waals surface area contributed by atoms with Crippen molar-refractivity contribution in [2.75, 3.05) is 39.5 Å². The van der Waals surface area contributed by atoms with Gasteiger partial charge < -0.3 is 20.3 Å². The summed E-state index contributed by atoms with van der Waals surface area (Å²) in [5.41, 5.74) is 6.14. The number of rotatable bonds is 12. The van der Waals surface area contributed by atoms with E-state index in [9.17, 15) is 9.90 Å². The number of carbonyl (C=O) groups is 1. The minimum Gasteiger partial charge on any atom is -0.492 e. The van der Waals surface area contributed by atoms with E-state index in [4.69, 9.17) is 15.2 Å². The summed E-state index contributed by atoms with van der Waals surface area (Å²) >= 11 is 0. The molecule has 0 aliphatic carbocycles. The maximum Gasteiger partial charge on any atom is 0.249 e. The summed E-state index contributed by atoms with van der Waals surface area (Å²) in [6.07, 6.45) is 3.12. The molecule has 3 rings (SSSR count). The first kappa shape index (κ1) is 23.3. The third-order valence-electron chi connectivity index (χ3n) is 5.81. The van der Waals surface area contributed by atoms with Crippen LogP contribution >= 0.6 is 0 Å². The highest BCUT2D eigenvalue weighted by Crippen LogP contribution is 2.23. The number of ether oxygens (including phenoxy) is 2. The lowest BCUT2D eigenvalue weighted by molar-refractivity contribution is -0.137. The van der Waals surface area contributed by atoms with Gasteiger partial charge >= 0.3 is 0 Å². The molecule has 1 atom stereocenters. The highest BCUT2D eigenvalue weighted by atomic mass is 16.5. The molecule has 0 radical (unpaired) electrons. The summed E-state index contributed by atoms with van der Waals surface area (Å²) in [6, 6.07) is 17.8. The van der Waals surface area contributed by atoms with Crippen LogP contribution in [-0.4, -0.2) is 61.0 Å². The Bertz CT molecular complexity index is 791. The van der Waals surface area contributed by atoms with Crippen molar-refractivity contribution in [1.82, 2.24) is 4.90 Å². The Morgan fingerprint density at radius 2 is 1.74 bits per heavy atom. The van der Waals surface area contributed by atoms with E-state index in [0.29, 0.717) is 13.0 Å². The quantitative estimate of drug-likeness (QED) is 0.510. The normalized spacial score (nSPS) is 16.5. The Morgan fingerprint density at radius 3 is 2.42 bits per heavy atom. The summed E-state index contributed by atoms with van der Waals surface area (Å²) in [6.45, 7) is 4.94. The Labute approximate surface area is 185 Å². The van der Waals surface area contributed by atoms with E-state index in [1.807, 2.05) is 42.5 Å². The number of aliphatic hydroxyl groups is 1. The van der Waals surface area contributed by atoms with Crippen LogP contribution in [-0.2, 0) is 22.4 Å². The van der Waals surface area contributed by atoms with Crippen LogP contribution in [0.1, 0.15) is 30.4 Å². The molecule has 0 aromatic heterocycles. The second-order valence-electron chi connectivity index (χ2n) is 8.21. The van der Waals surface area contributed by atoms with Crippen molar-refractivity contribution in [3.8, 4) is 5.75 Å². The number of amides is 1. The molecule has 0 bridgehead atoms. The van der Waals surface area contributed by atoms with Crippen molar-refractivity contribution < 1.29 is 19.4 Å². The standard InChI is InChI=1S/C25H34N2O4/c26-24(28)25(29,13-5-4-8-21-6-2-1-3-7-21)20-22-9-11-23(12-10-22)31-19-16-27-14-17-30-18-15-27/h1-3,6-7,9-12,29H,4-5,8,13-20H2,(H2,26,28)/t25-/m1/s1. The number of hydrogen-bond donors (Lipinski definition) is 2. The molecular formula is C25H34N2O4. The lowest BCUT2D eigenvalue weighted by atomic mass is 9.88. The topological polar surface area (TPSA) is 85.0 Å². The summed E-state index contributed by atoms with van der Waals surface area (Å²) < 4.78 is 11.2. The number of morpholine rings is 1. The smallest absolute Gasteiger partial charge is 0.249 e. The van der Waals surface area contributed by atoms with Gasteiger partial charge in [-0.05, 0) is 48.9 Å². The first-order valence-corrected chi connectivity index (χ1v) is 11.1. The first-order valence-electron chi connectivity index (χ1n) is 11.1. The van der Waals surface area contributed by atoms with Gasteiger partial charge in [0, 0.05) is 26.1 Å². The predicted octanol–water partition coefficient (Wildman–Crippen LogP) is 2.57. The molecule has 0 saturated carbocycles. The number of aryl methyl sites for hydroxylation is 1. The van der Waals surface area contributed by atoms with Gasteiger partial charge in [-0.15, -0.1) is 0 Å². The minimum atomic E-state index is -1.53. The van der Waals surface area contributed by atoms with E-state index < -0.39 is 11.5 Å². The molecule has 2 aromatic carbocycles. The largest absolute Gasteiger partial charge is 0.492 e. The van der Waals surface area contributed by atoms with Crippen LogP contribution in [0.3, 0.4) is 0 Å². The van der Waals surface area contributed by atoms with Crippen molar-refractivity contribution in [1.29, 1.82) is 0 Å². The zero-order valence-electron chi connectivity index (χ0n) is 18.2. The number of nitrogens with two attached hydrogens (primary N) is 1. The van der Waals surface area contributed by atoms with Gasteiger partial charge in [-0.25, -0.2) is 0 Å². The lowest BCUT2D eigenvalue weighted by Gasteiger charge is -2.26. The van der Waals surface area contributed by atoms with E-state index in [1.54, 1.807) is 0 Å². The van der Waals surface area contributed by atoms with E-state index in [0.717, 1.165) is 63.4 Å². The van der Waals surface area contributed by atoms with Gasteiger partial charge in [-0.1, -0.05) is 42.5 Å². The van der Waals surface area contributed by atoms with Crippen LogP contribution in [0.4, 0.5) is 0 Å². The van der Waals surface area contributed by atoms with E-state index in [1.165, 1.54) is 5.56 Å². The average Bonchev–Trinajstić information content (AvgIpc) is 2.79. The van der Waals surface area contributed by atoms with E-state index in [2.05, 4.69) is 17.0 Å². The summed E-state index contributed by atoms with van der Waals surface area (Å²) in [5, 5.41) is 10.9. The van der Waals surface area contributed by atoms with Gasteiger partial charge in [0.2, 0.25) is 5.91 Å². The third kappa shape index (κ3) is 7.65. The first-order chi connectivity index (χ1) is 15.0. The Morgan fingerprint density at radius 1 is 1.03 bits per heavy atom. The van der Waals surface area contributed by atoms with E-state index in [-0.39, 0.29) is 6.42 Å².